The van der Waals surface area contributed by atoms with Crippen molar-refractivity contribution >= 4 is 11.9 Å². The highest BCUT2D eigenvalue weighted by Crippen LogP contribution is 2.24. The van der Waals surface area contributed by atoms with Crippen LogP contribution in [0.2, 0.25) is 0 Å². The molecule has 0 N–H and O–H groups in total. The highest BCUT2D eigenvalue weighted by molar-refractivity contribution is 5.78. The fourth-order valence-electron chi connectivity index (χ4n) is 2.30. The van der Waals surface area contributed by atoms with Crippen LogP contribution in [0.15, 0.2) is 0 Å². The summed E-state index contributed by atoms with van der Waals surface area (Å²) in [5, 5.41) is 0. The fourth-order valence-corrected chi connectivity index (χ4v) is 2.30. The SMILES string of the molecule is CCC(C)OCC(=O)N1CC[C@H](C(=O)OC)[C@H](C)C1. The molecule has 1 aliphatic rings. The highest BCUT2D eigenvalue weighted by atomic mass is 16.5. The highest BCUT2D eigenvalue weighted by Gasteiger charge is 2.33. The van der Waals surface area contributed by atoms with Gasteiger partial charge in [-0.1, -0.05) is 13.8 Å². The smallest absolute Gasteiger partial charge is 0.309 e. The Kier molecular flexibility index (Phi) is 6.28. The van der Waals surface area contributed by atoms with Crippen LogP contribution in [-0.2, 0) is 19.1 Å². The molecule has 1 rings (SSSR count). The second-order valence-corrected chi connectivity index (χ2v) is 5.27. The first-order valence-electron chi connectivity index (χ1n) is 6.96. The van der Waals surface area contributed by atoms with Gasteiger partial charge in [0.2, 0.25) is 5.91 Å². The number of carbonyl (C=O) groups excluding carboxylic acids is 2. The molecule has 3 atom stereocenters. The lowest BCUT2D eigenvalue weighted by Crippen LogP contribution is -2.46. The van der Waals surface area contributed by atoms with E-state index in [1.807, 2.05) is 20.8 Å². The molecule has 0 spiro atoms. The van der Waals surface area contributed by atoms with E-state index in [1.54, 1.807) is 4.90 Å². The summed E-state index contributed by atoms with van der Waals surface area (Å²) in [6, 6.07) is 0. The Labute approximate surface area is 115 Å². The van der Waals surface area contributed by atoms with E-state index in [0.717, 1.165) is 6.42 Å². The van der Waals surface area contributed by atoms with Gasteiger partial charge in [-0.3, -0.25) is 9.59 Å². The summed E-state index contributed by atoms with van der Waals surface area (Å²) in [6.45, 7) is 7.30. The number of esters is 1. The molecule has 1 aliphatic heterocycles. The fraction of sp³-hybridized carbons (Fsp3) is 0.857. The summed E-state index contributed by atoms with van der Waals surface area (Å²) in [5.74, 6) is -0.121. The lowest BCUT2D eigenvalue weighted by atomic mass is 9.87. The number of hydrogen-bond donors (Lipinski definition) is 0. The maximum Gasteiger partial charge on any atom is 0.309 e. The van der Waals surface area contributed by atoms with Crippen molar-refractivity contribution in [3.05, 3.63) is 0 Å². The van der Waals surface area contributed by atoms with E-state index in [-0.39, 0.29) is 36.4 Å². The Morgan fingerprint density at radius 3 is 2.63 bits per heavy atom. The summed E-state index contributed by atoms with van der Waals surface area (Å²) in [7, 11) is 1.41. The molecule has 0 bridgehead atoms. The molecule has 1 unspecified atom stereocenters. The second kappa shape index (κ2) is 7.48. The van der Waals surface area contributed by atoms with Gasteiger partial charge in [0.05, 0.1) is 19.1 Å². The number of ether oxygens (including phenoxy) is 2. The zero-order valence-electron chi connectivity index (χ0n) is 12.3. The predicted octanol–water partition coefficient (Wildman–Crippen LogP) is 1.46. The molecule has 1 saturated heterocycles. The molecule has 0 aromatic carbocycles. The Morgan fingerprint density at radius 1 is 1.42 bits per heavy atom. The van der Waals surface area contributed by atoms with Gasteiger partial charge in [0, 0.05) is 13.1 Å². The van der Waals surface area contributed by atoms with E-state index in [9.17, 15) is 9.59 Å². The van der Waals surface area contributed by atoms with Crippen LogP contribution in [0, 0.1) is 11.8 Å². The van der Waals surface area contributed by atoms with Gasteiger partial charge in [-0.05, 0) is 25.7 Å². The zero-order valence-corrected chi connectivity index (χ0v) is 12.3. The maximum atomic E-state index is 12.0. The Morgan fingerprint density at radius 2 is 2.11 bits per heavy atom. The molecule has 0 aromatic heterocycles. The summed E-state index contributed by atoms with van der Waals surface area (Å²) >= 11 is 0. The number of piperidine rings is 1. The van der Waals surface area contributed by atoms with E-state index < -0.39 is 0 Å². The van der Waals surface area contributed by atoms with Crippen molar-refractivity contribution in [3.8, 4) is 0 Å². The monoisotopic (exact) mass is 271 g/mol. The predicted molar refractivity (Wildman–Crippen MR) is 71.6 cm³/mol. The Hall–Kier alpha value is -1.10. The molecule has 1 fully saturated rings. The molecule has 0 aliphatic carbocycles. The van der Waals surface area contributed by atoms with Gasteiger partial charge in [-0.25, -0.2) is 0 Å². The molecule has 5 nitrogen and oxygen atoms in total. The number of nitrogens with zero attached hydrogens (tertiary/aromatic N) is 1. The quantitative estimate of drug-likeness (QED) is 0.710. The summed E-state index contributed by atoms with van der Waals surface area (Å²) in [4.78, 5) is 25.3. The van der Waals surface area contributed by atoms with Gasteiger partial charge in [0.1, 0.15) is 6.61 Å². The molecule has 1 heterocycles. The first kappa shape index (κ1) is 16.0. The van der Waals surface area contributed by atoms with Gasteiger partial charge in [-0.15, -0.1) is 0 Å². The van der Waals surface area contributed by atoms with E-state index in [1.165, 1.54) is 7.11 Å². The summed E-state index contributed by atoms with van der Waals surface area (Å²) in [6.07, 6.45) is 1.67. The molecule has 0 radical (unpaired) electrons. The van der Waals surface area contributed by atoms with Crippen LogP contribution >= 0.6 is 0 Å². The molecule has 0 aromatic rings. The average Bonchev–Trinajstić information content (AvgIpc) is 2.43. The molecular formula is C14H25NO4. The number of hydrogen-bond acceptors (Lipinski definition) is 4. The lowest BCUT2D eigenvalue weighted by Gasteiger charge is -2.35. The molecule has 110 valence electrons. The zero-order chi connectivity index (χ0) is 14.4. The molecule has 5 heteroatoms. The first-order chi connectivity index (χ1) is 8.99. The summed E-state index contributed by atoms with van der Waals surface area (Å²) < 4.78 is 10.2. The maximum absolute atomic E-state index is 12.0. The molecule has 0 saturated carbocycles. The van der Waals surface area contributed by atoms with E-state index in [4.69, 9.17) is 9.47 Å². The molecule has 1 amide bonds. The van der Waals surface area contributed by atoms with Gasteiger partial charge >= 0.3 is 5.97 Å². The normalized spacial score (nSPS) is 24.9. The number of amides is 1. The van der Waals surface area contributed by atoms with Crippen LogP contribution in [0.4, 0.5) is 0 Å². The van der Waals surface area contributed by atoms with Crippen LogP contribution in [0.3, 0.4) is 0 Å². The third-order valence-corrected chi connectivity index (χ3v) is 3.83. The standard InChI is InChI=1S/C14H25NO4/c1-5-11(3)19-9-13(16)15-7-6-12(10(2)8-15)14(17)18-4/h10-12H,5-9H2,1-4H3/t10-,11?,12+/m1/s1. The third-order valence-electron chi connectivity index (χ3n) is 3.83. The minimum absolute atomic E-state index is 0.00969. The van der Waals surface area contributed by atoms with Gasteiger partial charge in [-0.2, -0.15) is 0 Å². The number of methoxy groups -OCH3 is 1. The van der Waals surface area contributed by atoms with Gasteiger partial charge in [0.25, 0.3) is 0 Å². The van der Waals surface area contributed by atoms with Crippen LogP contribution in [0.5, 0.6) is 0 Å². The second-order valence-electron chi connectivity index (χ2n) is 5.27. The average molecular weight is 271 g/mol. The van der Waals surface area contributed by atoms with Crippen molar-refractivity contribution < 1.29 is 19.1 Å². The molecular weight excluding hydrogens is 246 g/mol. The Bertz CT molecular complexity index is 319. The summed E-state index contributed by atoms with van der Waals surface area (Å²) in [5.41, 5.74) is 0. The van der Waals surface area contributed by atoms with Gasteiger partial charge in [0.15, 0.2) is 0 Å². The van der Waals surface area contributed by atoms with Crippen LogP contribution in [0.25, 0.3) is 0 Å². The topological polar surface area (TPSA) is 55.8 Å². The lowest BCUT2D eigenvalue weighted by molar-refractivity contribution is -0.152. The van der Waals surface area contributed by atoms with Crippen LogP contribution in [0.1, 0.15) is 33.6 Å². The van der Waals surface area contributed by atoms with E-state index in [0.29, 0.717) is 19.5 Å². The first-order valence-corrected chi connectivity index (χ1v) is 6.96. The van der Waals surface area contributed by atoms with Crippen molar-refractivity contribution in [2.45, 2.75) is 39.7 Å². The van der Waals surface area contributed by atoms with Crippen molar-refractivity contribution in [1.29, 1.82) is 0 Å². The van der Waals surface area contributed by atoms with Crippen molar-refractivity contribution in [3.63, 3.8) is 0 Å². The minimum atomic E-state index is -0.171. The van der Waals surface area contributed by atoms with Crippen LogP contribution < -0.4 is 0 Å². The largest absolute Gasteiger partial charge is 0.469 e. The van der Waals surface area contributed by atoms with Crippen molar-refractivity contribution in [2.24, 2.45) is 11.8 Å². The number of carbonyl (C=O) groups is 2. The minimum Gasteiger partial charge on any atom is -0.469 e. The van der Waals surface area contributed by atoms with E-state index in [2.05, 4.69) is 0 Å². The van der Waals surface area contributed by atoms with Gasteiger partial charge < -0.3 is 14.4 Å². The van der Waals surface area contributed by atoms with Crippen molar-refractivity contribution in [2.75, 3.05) is 26.8 Å². The Balaban J connectivity index is 2.42. The third kappa shape index (κ3) is 4.49. The number of rotatable bonds is 5. The number of likely N-dealkylation sites (tertiary alicyclic amines) is 1. The van der Waals surface area contributed by atoms with Crippen LogP contribution in [-0.4, -0.2) is 49.7 Å². The van der Waals surface area contributed by atoms with E-state index >= 15 is 0 Å². The van der Waals surface area contributed by atoms with Crippen molar-refractivity contribution in [1.82, 2.24) is 4.90 Å². The molecule has 19 heavy (non-hydrogen) atoms.